The van der Waals surface area contributed by atoms with E-state index in [2.05, 4.69) is 6.92 Å². The molecule has 4 nitrogen and oxygen atoms in total. The lowest BCUT2D eigenvalue weighted by Crippen LogP contribution is -2.12. The fourth-order valence-electron chi connectivity index (χ4n) is 2.19. The molecule has 0 aliphatic carbocycles. The third-order valence-corrected chi connectivity index (χ3v) is 3.43. The summed E-state index contributed by atoms with van der Waals surface area (Å²) in [6, 6.07) is 12.2. The topological polar surface area (TPSA) is 61.5 Å². The van der Waals surface area contributed by atoms with E-state index in [0.29, 0.717) is 47.4 Å². The number of fused-ring (bicyclic) bond motifs is 1. The minimum atomic E-state index is -0.0568. The van der Waals surface area contributed by atoms with E-state index in [4.69, 9.17) is 15.2 Å². The number of carbonyl (C=O) groups excluding carboxylic acids is 1. The van der Waals surface area contributed by atoms with Crippen LogP contribution in [0.1, 0.15) is 22.8 Å². The van der Waals surface area contributed by atoms with Crippen molar-refractivity contribution < 1.29 is 14.3 Å². The van der Waals surface area contributed by atoms with Crippen LogP contribution in [0, 0.1) is 5.92 Å². The Balaban J connectivity index is 1.90. The summed E-state index contributed by atoms with van der Waals surface area (Å²) in [5.74, 6) is 1.58. The van der Waals surface area contributed by atoms with E-state index in [1.807, 2.05) is 0 Å². The lowest BCUT2D eigenvalue weighted by atomic mass is 10.0. The second-order valence-electron chi connectivity index (χ2n) is 5.34. The van der Waals surface area contributed by atoms with Gasteiger partial charge in [0.2, 0.25) is 0 Å². The molecule has 0 aromatic heterocycles. The summed E-state index contributed by atoms with van der Waals surface area (Å²) in [5, 5.41) is 0. The third kappa shape index (κ3) is 2.84. The van der Waals surface area contributed by atoms with E-state index in [1.165, 1.54) is 0 Å². The fourth-order valence-corrected chi connectivity index (χ4v) is 2.19. The smallest absolute Gasteiger partial charge is 0.193 e. The van der Waals surface area contributed by atoms with Gasteiger partial charge in [0.05, 0.1) is 13.2 Å². The van der Waals surface area contributed by atoms with Gasteiger partial charge in [0.15, 0.2) is 17.3 Å². The highest BCUT2D eigenvalue weighted by atomic mass is 16.5. The maximum Gasteiger partial charge on any atom is 0.193 e. The number of carbonyl (C=O) groups is 1. The van der Waals surface area contributed by atoms with Crippen LogP contribution in [0.2, 0.25) is 0 Å². The van der Waals surface area contributed by atoms with Crippen molar-refractivity contribution in [2.75, 3.05) is 18.9 Å². The third-order valence-electron chi connectivity index (χ3n) is 3.43. The van der Waals surface area contributed by atoms with Gasteiger partial charge < -0.3 is 15.2 Å². The molecule has 0 saturated carbocycles. The molecule has 2 aromatic carbocycles. The standard InChI is InChI=1S/C17H17NO3/c1-11-9-20-15-7-4-13(8-16(15)21-10-11)17(19)12-2-5-14(18)6-3-12/h2-8,11H,9-10,18H2,1H3. The Morgan fingerprint density at radius 1 is 1.00 bits per heavy atom. The molecule has 0 saturated heterocycles. The van der Waals surface area contributed by atoms with E-state index < -0.39 is 0 Å². The average molecular weight is 283 g/mol. The van der Waals surface area contributed by atoms with Gasteiger partial charge in [-0.25, -0.2) is 0 Å². The molecular weight excluding hydrogens is 266 g/mol. The van der Waals surface area contributed by atoms with Crippen LogP contribution in [-0.2, 0) is 0 Å². The molecule has 21 heavy (non-hydrogen) atoms. The van der Waals surface area contributed by atoms with E-state index in [-0.39, 0.29) is 5.78 Å². The molecule has 0 fully saturated rings. The summed E-state index contributed by atoms with van der Waals surface area (Å²) in [6.07, 6.45) is 0. The maximum absolute atomic E-state index is 12.5. The minimum Gasteiger partial charge on any atom is -0.489 e. The molecule has 1 unspecified atom stereocenters. The summed E-state index contributed by atoms with van der Waals surface area (Å²) >= 11 is 0. The molecule has 3 rings (SSSR count). The quantitative estimate of drug-likeness (QED) is 0.680. The van der Waals surface area contributed by atoms with Gasteiger partial charge in [0.25, 0.3) is 0 Å². The Kier molecular flexibility index (Phi) is 3.52. The first-order chi connectivity index (χ1) is 10.1. The normalized spacial score (nSPS) is 17.1. The monoisotopic (exact) mass is 283 g/mol. The SMILES string of the molecule is CC1COc2ccc(C(=O)c3ccc(N)cc3)cc2OC1. The van der Waals surface area contributed by atoms with Crippen molar-refractivity contribution >= 4 is 11.5 Å². The largest absolute Gasteiger partial charge is 0.489 e. The van der Waals surface area contributed by atoms with Gasteiger partial charge in [-0.1, -0.05) is 6.92 Å². The van der Waals surface area contributed by atoms with Crippen LogP contribution in [0.15, 0.2) is 42.5 Å². The van der Waals surface area contributed by atoms with E-state index in [1.54, 1.807) is 42.5 Å². The van der Waals surface area contributed by atoms with Gasteiger partial charge in [-0.15, -0.1) is 0 Å². The summed E-state index contributed by atoms with van der Waals surface area (Å²) in [4.78, 5) is 12.5. The average Bonchev–Trinajstić information content (AvgIpc) is 2.69. The van der Waals surface area contributed by atoms with Crippen molar-refractivity contribution in [2.45, 2.75) is 6.92 Å². The maximum atomic E-state index is 12.5. The van der Waals surface area contributed by atoms with Gasteiger partial charge in [0, 0.05) is 22.7 Å². The van der Waals surface area contributed by atoms with Crippen LogP contribution >= 0.6 is 0 Å². The van der Waals surface area contributed by atoms with Crippen molar-refractivity contribution in [1.29, 1.82) is 0 Å². The number of anilines is 1. The van der Waals surface area contributed by atoms with Gasteiger partial charge in [0.1, 0.15) is 0 Å². The highest BCUT2D eigenvalue weighted by molar-refractivity contribution is 6.09. The first kappa shape index (κ1) is 13.5. The summed E-state index contributed by atoms with van der Waals surface area (Å²) < 4.78 is 11.4. The van der Waals surface area contributed by atoms with Crippen molar-refractivity contribution in [3.05, 3.63) is 53.6 Å². The van der Waals surface area contributed by atoms with E-state index in [0.717, 1.165) is 0 Å². The Morgan fingerprint density at radius 3 is 2.33 bits per heavy atom. The van der Waals surface area contributed by atoms with Crippen LogP contribution < -0.4 is 15.2 Å². The number of hydrogen-bond donors (Lipinski definition) is 1. The van der Waals surface area contributed by atoms with E-state index >= 15 is 0 Å². The number of rotatable bonds is 2. The molecule has 0 spiro atoms. The fraction of sp³-hybridized carbons (Fsp3) is 0.235. The summed E-state index contributed by atoms with van der Waals surface area (Å²) in [5.41, 5.74) is 7.46. The molecule has 2 N–H and O–H groups in total. The predicted molar refractivity (Wildman–Crippen MR) is 80.9 cm³/mol. The molecule has 0 amide bonds. The molecule has 4 heteroatoms. The number of nitrogen functional groups attached to an aromatic ring is 1. The molecular formula is C17H17NO3. The second kappa shape index (κ2) is 5.48. The molecule has 1 heterocycles. The van der Waals surface area contributed by atoms with Gasteiger partial charge in [-0.2, -0.15) is 0 Å². The molecule has 1 atom stereocenters. The van der Waals surface area contributed by atoms with Crippen molar-refractivity contribution in [3.8, 4) is 11.5 Å². The number of hydrogen-bond acceptors (Lipinski definition) is 4. The number of benzene rings is 2. The Hall–Kier alpha value is -2.49. The molecule has 108 valence electrons. The highest BCUT2D eigenvalue weighted by Crippen LogP contribution is 2.32. The van der Waals surface area contributed by atoms with E-state index in [9.17, 15) is 4.79 Å². The lowest BCUT2D eigenvalue weighted by molar-refractivity contribution is 0.103. The van der Waals surface area contributed by atoms with Crippen molar-refractivity contribution in [1.82, 2.24) is 0 Å². The molecule has 0 bridgehead atoms. The molecule has 1 aliphatic rings. The predicted octanol–water partition coefficient (Wildman–Crippen LogP) is 2.91. The lowest BCUT2D eigenvalue weighted by Gasteiger charge is -2.09. The van der Waals surface area contributed by atoms with Crippen LogP contribution in [0.5, 0.6) is 11.5 Å². The summed E-state index contributed by atoms with van der Waals surface area (Å²) in [6.45, 7) is 3.27. The molecule has 1 aliphatic heterocycles. The summed E-state index contributed by atoms with van der Waals surface area (Å²) in [7, 11) is 0. The van der Waals surface area contributed by atoms with Crippen molar-refractivity contribution in [3.63, 3.8) is 0 Å². The Morgan fingerprint density at radius 2 is 1.62 bits per heavy atom. The van der Waals surface area contributed by atoms with Gasteiger partial charge in [-0.05, 0) is 42.5 Å². The number of ether oxygens (including phenoxy) is 2. The number of ketones is 1. The zero-order chi connectivity index (χ0) is 14.8. The van der Waals surface area contributed by atoms with Gasteiger partial charge >= 0.3 is 0 Å². The van der Waals surface area contributed by atoms with Gasteiger partial charge in [-0.3, -0.25) is 4.79 Å². The zero-order valence-electron chi connectivity index (χ0n) is 11.8. The zero-order valence-corrected chi connectivity index (χ0v) is 11.8. The van der Waals surface area contributed by atoms with Crippen LogP contribution in [-0.4, -0.2) is 19.0 Å². The van der Waals surface area contributed by atoms with Crippen LogP contribution in [0.4, 0.5) is 5.69 Å². The highest BCUT2D eigenvalue weighted by Gasteiger charge is 2.17. The van der Waals surface area contributed by atoms with Crippen molar-refractivity contribution in [2.24, 2.45) is 5.92 Å². The molecule has 2 aromatic rings. The molecule has 0 radical (unpaired) electrons. The first-order valence-electron chi connectivity index (χ1n) is 6.93. The Bertz CT molecular complexity index is 664. The second-order valence-corrected chi connectivity index (χ2v) is 5.34. The first-order valence-corrected chi connectivity index (χ1v) is 6.93. The minimum absolute atomic E-state index is 0.0568. The van der Waals surface area contributed by atoms with Crippen LogP contribution in [0.25, 0.3) is 0 Å². The number of nitrogens with two attached hydrogens (primary N) is 1. The van der Waals surface area contributed by atoms with Crippen LogP contribution in [0.3, 0.4) is 0 Å². The Labute approximate surface area is 123 Å².